The van der Waals surface area contributed by atoms with Crippen molar-refractivity contribution < 1.29 is 0 Å². The minimum absolute atomic E-state index is 0.733. The van der Waals surface area contributed by atoms with Crippen molar-refractivity contribution >= 4 is 0 Å². The predicted octanol–water partition coefficient (Wildman–Crippen LogP) is 2.33. The van der Waals surface area contributed by atoms with Crippen LogP contribution >= 0.6 is 0 Å². The van der Waals surface area contributed by atoms with Gasteiger partial charge in [0.15, 0.2) is 0 Å². The lowest BCUT2D eigenvalue weighted by Crippen LogP contribution is -1.96. The van der Waals surface area contributed by atoms with Crippen LogP contribution in [-0.4, -0.2) is 6.54 Å². The summed E-state index contributed by atoms with van der Waals surface area (Å²) in [5.74, 6) is 0.733. The first-order valence-corrected chi connectivity index (χ1v) is 4.18. The third-order valence-corrected chi connectivity index (χ3v) is 1.54. The second-order valence-electron chi connectivity index (χ2n) is 2.77. The zero-order chi connectivity index (χ0) is 7.82. The molecule has 0 aromatic carbocycles. The first-order chi connectivity index (χ1) is 4.81. The topological polar surface area (TPSA) is 26.0 Å². The van der Waals surface area contributed by atoms with E-state index in [9.17, 15) is 0 Å². The van der Waals surface area contributed by atoms with Crippen molar-refractivity contribution in [2.45, 2.75) is 33.1 Å². The second-order valence-corrected chi connectivity index (χ2v) is 2.77. The Morgan fingerprint density at radius 2 is 2.20 bits per heavy atom. The van der Waals surface area contributed by atoms with Crippen molar-refractivity contribution in [3.63, 3.8) is 0 Å². The van der Waals surface area contributed by atoms with Crippen molar-refractivity contribution in [1.82, 2.24) is 0 Å². The maximum Gasteiger partial charge on any atom is -0.00426 e. The van der Waals surface area contributed by atoms with Gasteiger partial charge in [-0.3, -0.25) is 0 Å². The predicted molar refractivity (Wildman–Crippen MR) is 46.9 cm³/mol. The summed E-state index contributed by atoms with van der Waals surface area (Å²) in [5, 5.41) is 0. The van der Waals surface area contributed by atoms with E-state index in [0.29, 0.717) is 0 Å². The Morgan fingerprint density at radius 3 is 2.70 bits per heavy atom. The quantitative estimate of drug-likeness (QED) is 0.584. The molecule has 0 bridgehead atoms. The Labute approximate surface area is 64.3 Å². The van der Waals surface area contributed by atoms with E-state index in [1.54, 1.807) is 0 Å². The molecule has 0 fully saturated rings. The molecule has 0 spiro atoms. The van der Waals surface area contributed by atoms with Gasteiger partial charge in [-0.2, -0.15) is 0 Å². The molecule has 60 valence electrons. The van der Waals surface area contributed by atoms with E-state index in [-0.39, 0.29) is 0 Å². The highest BCUT2D eigenvalue weighted by Crippen LogP contribution is 2.05. The van der Waals surface area contributed by atoms with E-state index in [1.807, 2.05) is 0 Å². The van der Waals surface area contributed by atoms with Crippen molar-refractivity contribution in [3.05, 3.63) is 12.2 Å². The molecule has 0 aromatic heterocycles. The molecule has 0 aromatic rings. The standard InChI is InChI=1S/C9H19N/c1-3-6-9(2)7-4-5-8-10/h4,7,9H,3,5-6,8,10H2,1-2H3/b7-4-. The summed E-state index contributed by atoms with van der Waals surface area (Å²) in [6, 6.07) is 0. The van der Waals surface area contributed by atoms with E-state index in [2.05, 4.69) is 26.0 Å². The van der Waals surface area contributed by atoms with Crippen molar-refractivity contribution in [2.24, 2.45) is 11.7 Å². The van der Waals surface area contributed by atoms with Gasteiger partial charge in [-0.25, -0.2) is 0 Å². The van der Waals surface area contributed by atoms with E-state index in [1.165, 1.54) is 12.8 Å². The van der Waals surface area contributed by atoms with Crippen molar-refractivity contribution in [2.75, 3.05) is 6.54 Å². The first-order valence-electron chi connectivity index (χ1n) is 4.18. The first kappa shape index (κ1) is 9.70. The third kappa shape index (κ3) is 5.83. The van der Waals surface area contributed by atoms with Crippen LogP contribution in [0.15, 0.2) is 12.2 Å². The van der Waals surface area contributed by atoms with Crippen LogP contribution in [0.5, 0.6) is 0 Å². The minimum Gasteiger partial charge on any atom is -0.330 e. The highest BCUT2D eigenvalue weighted by molar-refractivity contribution is 4.86. The Morgan fingerprint density at radius 1 is 1.50 bits per heavy atom. The number of rotatable bonds is 5. The van der Waals surface area contributed by atoms with Crippen LogP contribution < -0.4 is 5.73 Å². The fraction of sp³-hybridized carbons (Fsp3) is 0.778. The fourth-order valence-corrected chi connectivity index (χ4v) is 0.976. The Bertz CT molecular complexity index is 86.7. The summed E-state index contributed by atoms with van der Waals surface area (Å²) >= 11 is 0. The lowest BCUT2D eigenvalue weighted by Gasteiger charge is -2.01. The van der Waals surface area contributed by atoms with Gasteiger partial charge in [-0.1, -0.05) is 32.4 Å². The minimum atomic E-state index is 0.733. The maximum atomic E-state index is 5.34. The average Bonchev–Trinajstić information content (AvgIpc) is 1.89. The summed E-state index contributed by atoms with van der Waals surface area (Å²) in [6.07, 6.45) is 8.03. The van der Waals surface area contributed by atoms with Crippen LogP contribution in [-0.2, 0) is 0 Å². The van der Waals surface area contributed by atoms with Gasteiger partial charge >= 0.3 is 0 Å². The molecular weight excluding hydrogens is 122 g/mol. The summed E-state index contributed by atoms with van der Waals surface area (Å²) < 4.78 is 0. The lowest BCUT2D eigenvalue weighted by molar-refractivity contribution is 0.632. The van der Waals surface area contributed by atoms with E-state index < -0.39 is 0 Å². The summed E-state index contributed by atoms with van der Waals surface area (Å²) in [4.78, 5) is 0. The van der Waals surface area contributed by atoms with Gasteiger partial charge < -0.3 is 5.73 Å². The SMILES string of the molecule is CCCC(C)/C=C\CCN. The van der Waals surface area contributed by atoms with Crippen molar-refractivity contribution in [3.8, 4) is 0 Å². The molecule has 0 rings (SSSR count). The van der Waals surface area contributed by atoms with Crippen LogP contribution in [0.2, 0.25) is 0 Å². The second kappa shape index (κ2) is 6.81. The van der Waals surface area contributed by atoms with Crippen LogP contribution in [0.4, 0.5) is 0 Å². The van der Waals surface area contributed by atoms with Crippen molar-refractivity contribution in [1.29, 1.82) is 0 Å². The molecule has 0 amide bonds. The molecule has 1 nitrogen and oxygen atoms in total. The molecule has 2 N–H and O–H groups in total. The van der Waals surface area contributed by atoms with Crippen LogP contribution in [0.25, 0.3) is 0 Å². The average molecular weight is 141 g/mol. The van der Waals surface area contributed by atoms with E-state index in [4.69, 9.17) is 5.73 Å². The molecule has 1 atom stereocenters. The lowest BCUT2D eigenvalue weighted by atomic mass is 10.1. The van der Waals surface area contributed by atoms with Crippen LogP contribution in [0, 0.1) is 5.92 Å². The molecule has 0 aliphatic heterocycles. The third-order valence-electron chi connectivity index (χ3n) is 1.54. The monoisotopic (exact) mass is 141 g/mol. The molecule has 0 heterocycles. The zero-order valence-corrected chi connectivity index (χ0v) is 7.14. The van der Waals surface area contributed by atoms with E-state index >= 15 is 0 Å². The fourth-order valence-electron chi connectivity index (χ4n) is 0.976. The summed E-state index contributed by atoms with van der Waals surface area (Å²) in [7, 11) is 0. The molecule has 1 heteroatoms. The van der Waals surface area contributed by atoms with Crippen LogP contribution in [0.1, 0.15) is 33.1 Å². The van der Waals surface area contributed by atoms with Gasteiger partial charge in [0.1, 0.15) is 0 Å². The van der Waals surface area contributed by atoms with Gasteiger partial charge in [-0.15, -0.1) is 0 Å². The number of allylic oxidation sites excluding steroid dienone is 1. The molecule has 0 saturated carbocycles. The molecule has 0 radical (unpaired) electrons. The molecular formula is C9H19N. The Kier molecular flexibility index (Phi) is 6.61. The Hall–Kier alpha value is -0.300. The number of nitrogens with two attached hydrogens (primary N) is 1. The summed E-state index contributed by atoms with van der Waals surface area (Å²) in [6.45, 7) is 5.24. The molecule has 0 saturated heterocycles. The van der Waals surface area contributed by atoms with E-state index in [0.717, 1.165) is 18.9 Å². The van der Waals surface area contributed by atoms with Crippen LogP contribution in [0.3, 0.4) is 0 Å². The maximum absolute atomic E-state index is 5.34. The highest BCUT2D eigenvalue weighted by atomic mass is 14.5. The van der Waals surface area contributed by atoms with Gasteiger partial charge in [0.2, 0.25) is 0 Å². The Balaban J connectivity index is 3.26. The zero-order valence-electron chi connectivity index (χ0n) is 7.14. The molecule has 1 unspecified atom stereocenters. The molecule has 0 aliphatic carbocycles. The van der Waals surface area contributed by atoms with Gasteiger partial charge in [-0.05, 0) is 25.3 Å². The van der Waals surface area contributed by atoms with Gasteiger partial charge in [0.25, 0.3) is 0 Å². The normalized spacial score (nSPS) is 14.3. The molecule has 0 aliphatic rings. The smallest absolute Gasteiger partial charge is 0.00426 e. The largest absolute Gasteiger partial charge is 0.330 e. The van der Waals surface area contributed by atoms with Gasteiger partial charge in [0.05, 0.1) is 0 Å². The highest BCUT2D eigenvalue weighted by Gasteiger charge is 1.91. The summed E-state index contributed by atoms with van der Waals surface area (Å²) in [5.41, 5.74) is 5.34. The van der Waals surface area contributed by atoms with Gasteiger partial charge in [0, 0.05) is 0 Å². The molecule has 10 heavy (non-hydrogen) atoms. The number of hydrogen-bond acceptors (Lipinski definition) is 1. The number of hydrogen-bond donors (Lipinski definition) is 1.